The van der Waals surface area contributed by atoms with Crippen molar-refractivity contribution in [2.45, 2.75) is 26.8 Å². The standard InChI is InChI=1S/C16H19N3S/c1-3-12-6-4-5-7-13(12)10-18-16-14(15(17)20)9-8-11(2)19-16/h4-9H,3,10H2,1-2H3,(H2,17,20)(H,18,19). The van der Waals surface area contributed by atoms with Crippen LogP contribution in [0.25, 0.3) is 0 Å². The molecule has 1 aromatic heterocycles. The van der Waals surface area contributed by atoms with Crippen LogP contribution in [-0.4, -0.2) is 9.97 Å². The maximum absolute atomic E-state index is 5.74. The van der Waals surface area contributed by atoms with Gasteiger partial charge < -0.3 is 11.1 Å². The van der Waals surface area contributed by atoms with Crippen molar-refractivity contribution < 1.29 is 0 Å². The lowest BCUT2D eigenvalue weighted by Crippen LogP contribution is -2.15. The zero-order valence-corrected chi connectivity index (χ0v) is 12.6. The molecule has 4 heteroatoms. The molecule has 0 aliphatic carbocycles. The van der Waals surface area contributed by atoms with Crippen LogP contribution in [0.3, 0.4) is 0 Å². The third-order valence-electron chi connectivity index (χ3n) is 3.25. The van der Waals surface area contributed by atoms with Gasteiger partial charge in [0.15, 0.2) is 0 Å². The summed E-state index contributed by atoms with van der Waals surface area (Å²) >= 11 is 5.07. The summed E-state index contributed by atoms with van der Waals surface area (Å²) in [6.45, 7) is 4.83. The van der Waals surface area contributed by atoms with Crippen molar-refractivity contribution in [3.63, 3.8) is 0 Å². The van der Waals surface area contributed by atoms with Crippen LogP contribution in [0.5, 0.6) is 0 Å². The van der Waals surface area contributed by atoms with Crippen LogP contribution in [0.4, 0.5) is 5.82 Å². The molecule has 0 bridgehead atoms. The fourth-order valence-electron chi connectivity index (χ4n) is 2.14. The minimum atomic E-state index is 0.365. The van der Waals surface area contributed by atoms with E-state index in [2.05, 4.69) is 35.4 Å². The molecule has 0 fully saturated rings. The molecule has 0 atom stereocenters. The Labute approximate surface area is 125 Å². The summed E-state index contributed by atoms with van der Waals surface area (Å²) < 4.78 is 0. The molecule has 0 radical (unpaired) electrons. The molecule has 1 heterocycles. The third-order valence-corrected chi connectivity index (χ3v) is 3.47. The lowest BCUT2D eigenvalue weighted by atomic mass is 10.1. The number of rotatable bonds is 5. The number of thiocarbonyl (C=S) groups is 1. The van der Waals surface area contributed by atoms with Gasteiger partial charge in [0, 0.05) is 12.2 Å². The van der Waals surface area contributed by atoms with Crippen LogP contribution in [-0.2, 0) is 13.0 Å². The number of benzene rings is 1. The van der Waals surface area contributed by atoms with Crippen molar-refractivity contribution in [2.75, 3.05) is 5.32 Å². The smallest absolute Gasteiger partial charge is 0.136 e. The Morgan fingerprint density at radius 3 is 2.55 bits per heavy atom. The van der Waals surface area contributed by atoms with Crippen LogP contribution in [0, 0.1) is 6.92 Å². The molecule has 0 unspecified atom stereocenters. The molecule has 104 valence electrons. The summed E-state index contributed by atoms with van der Waals surface area (Å²) in [6, 6.07) is 12.2. The van der Waals surface area contributed by atoms with E-state index in [-0.39, 0.29) is 0 Å². The molecule has 2 rings (SSSR count). The normalized spacial score (nSPS) is 10.3. The maximum Gasteiger partial charge on any atom is 0.136 e. The molecular weight excluding hydrogens is 266 g/mol. The zero-order valence-electron chi connectivity index (χ0n) is 11.8. The first kappa shape index (κ1) is 14.5. The number of aryl methyl sites for hydroxylation is 2. The van der Waals surface area contributed by atoms with Gasteiger partial charge in [-0.05, 0) is 36.6 Å². The second-order valence-corrected chi connectivity index (χ2v) is 5.13. The fraction of sp³-hybridized carbons (Fsp3) is 0.250. The molecule has 0 spiro atoms. The number of hydrogen-bond donors (Lipinski definition) is 2. The molecule has 0 amide bonds. The second kappa shape index (κ2) is 6.48. The summed E-state index contributed by atoms with van der Waals surface area (Å²) in [4.78, 5) is 4.85. The van der Waals surface area contributed by atoms with Crippen molar-refractivity contribution in [3.8, 4) is 0 Å². The van der Waals surface area contributed by atoms with E-state index in [4.69, 9.17) is 18.0 Å². The summed E-state index contributed by atoms with van der Waals surface area (Å²) in [6.07, 6.45) is 1.02. The highest BCUT2D eigenvalue weighted by atomic mass is 32.1. The van der Waals surface area contributed by atoms with Crippen LogP contribution in [0.2, 0.25) is 0 Å². The van der Waals surface area contributed by atoms with Gasteiger partial charge in [0.05, 0.1) is 5.56 Å². The van der Waals surface area contributed by atoms with E-state index in [0.717, 1.165) is 30.0 Å². The monoisotopic (exact) mass is 285 g/mol. The van der Waals surface area contributed by atoms with E-state index in [1.54, 1.807) is 0 Å². The SMILES string of the molecule is CCc1ccccc1CNc1nc(C)ccc1C(N)=S. The largest absolute Gasteiger partial charge is 0.389 e. The predicted molar refractivity (Wildman–Crippen MR) is 88.0 cm³/mol. The second-order valence-electron chi connectivity index (χ2n) is 4.69. The van der Waals surface area contributed by atoms with Gasteiger partial charge in [-0.1, -0.05) is 43.4 Å². The van der Waals surface area contributed by atoms with Crippen molar-refractivity contribution in [1.29, 1.82) is 0 Å². The van der Waals surface area contributed by atoms with Crippen LogP contribution in [0.1, 0.15) is 29.3 Å². The Hall–Kier alpha value is -1.94. The van der Waals surface area contributed by atoms with E-state index in [0.29, 0.717) is 4.99 Å². The molecule has 3 N–H and O–H groups in total. The van der Waals surface area contributed by atoms with E-state index in [1.165, 1.54) is 11.1 Å². The minimum absolute atomic E-state index is 0.365. The van der Waals surface area contributed by atoms with Crippen molar-refractivity contribution in [3.05, 3.63) is 58.8 Å². The molecule has 0 saturated carbocycles. The lowest BCUT2D eigenvalue weighted by Gasteiger charge is -2.13. The molecular formula is C16H19N3S. The summed E-state index contributed by atoms with van der Waals surface area (Å²) in [5.41, 5.74) is 10.1. The quantitative estimate of drug-likeness (QED) is 0.828. The topological polar surface area (TPSA) is 50.9 Å². The van der Waals surface area contributed by atoms with Gasteiger partial charge in [0.1, 0.15) is 10.8 Å². The number of nitrogens with two attached hydrogens (primary N) is 1. The number of hydrogen-bond acceptors (Lipinski definition) is 3. The number of anilines is 1. The van der Waals surface area contributed by atoms with Gasteiger partial charge in [-0.25, -0.2) is 4.98 Å². The molecule has 2 aromatic rings. The highest BCUT2D eigenvalue weighted by molar-refractivity contribution is 7.80. The minimum Gasteiger partial charge on any atom is -0.389 e. The highest BCUT2D eigenvalue weighted by Crippen LogP contribution is 2.16. The van der Waals surface area contributed by atoms with Crippen molar-refractivity contribution in [1.82, 2.24) is 4.98 Å². The summed E-state index contributed by atoms with van der Waals surface area (Å²) in [5.74, 6) is 0.753. The molecule has 0 saturated heterocycles. The average Bonchev–Trinajstić information content (AvgIpc) is 2.45. The first-order chi connectivity index (χ1) is 9.61. The van der Waals surface area contributed by atoms with Gasteiger partial charge in [0.2, 0.25) is 0 Å². The first-order valence-corrected chi connectivity index (χ1v) is 7.10. The number of pyridine rings is 1. The molecule has 0 aliphatic rings. The average molecular weight is 285 g/mol. The molecule has 3 nitrogen and oxygen atoms in total. The highest BCUT2D eigenvalue weighted by Gasteiger charge is 2.08. The van der Waals surface area contributed by atoms with Gasteiger partial charge in [-0.2, -0.15) is 0 Å². The van der Waals surface area contributed by atoms with Gasteiger partial charge >= 0.3 is 0 Å². The van der Waals surface area contributed by atoms with Crippen molar-refractivity contribution >= 4 is 23.0 Å². The Morgan fingerprint density at radius 2 is 1.90 bits per heavy atom. The lowest BCUT2D eigenvalue weighted by molar-refractivity contribution is 1.03. The third kappa shape index (κ3) is 3.33. The summed E-state index contributed by atoms with van der Waals surface area (Å²) in [5, 5.41) is 3.35. The number of aromatic nitrogens is 1. The van der Waals surface area contributed by atoms with Gasteiger partial charge in [-0.3, -0.25) is 0 Å². The van der Waals surface area contributed by atoms with Crippen LogP contribution >= 0.6 is 12.2 Å². The predicted octanol–water partition coefficient (Wildman–Crippen LogP) is 3.20. The van der Waals surface area contributed by atoms with E-state index >= 15 is 0 Å². The van der Waals surface area contributed by atoms with Gasteiger partial charge in [-0.15, -0.1) is 0 Å². The number of nitrogens with one attached hydrogen (secondary N) is 1. The molecule has 1 aromatic carbocycles. The Kier molecular flexibility index (Phi) is 4.69. The van der Waals surface area contributed by atoms with E-state index < -0.39 is 0 Å². The zero-order chi connectivity index (χ0) is 14.5. The molecule has 0 aliphatic heterocycles. The maximum atomic E-state index is 5.74. The number of nitrogens with zero attached hydrogens (tertiary/aromatic N) is 1. The van der Waals surface area contributed by atoms with Crippen molar-refractivity contribution in [2.24, 2.45) is 5.73 Å². The van der Waals surface area contributed by atoms with Crippen LogP contribution in [0.15, 0.2) is 36.4 Å². The molecule has 20 heavy (non-hydrogen) atoms. The Morgan fingerprint density at radius 1 is 1.20 bits per heavy atom. The first-order valence-electron chi connectivity index (χ1n) is 6.70. The summed E-state index contributed by atoms with van der Waals surface area (Å²) in [7, 11) is 0. The Balaban J connectivity index is 2.22. The Bertz CT molecular complexity index is 623. The fourth-order valence-corrected chi connectivity index (χ4v) is 2.31. The van der Waals surface area contributed by atoms with Gasteiger partial charge in [0.25, 0.3) is 0 Å². The van der Waals surface area contributed by atoms with E-state index in [9.17, 15) is 0 Å². The van der Waals surface area contributed by atoms with Crippen LogP contribution < -0.4 is 11.1 Å². The van der Waals surface area contributed by atoms with E-state index in [1.807, 2.05) is 25.1 Å².